The summed E-state index contributed by atoms with van der Waals surface area (Å²) < 4.78 is 5.32. The summed E-state index contributed by atoms with van der Waals surface area (Å²) in [5.74, 6) is -1.74. The van der Waals surface area contributed by atoms with Crippen LogP contribution < -0.4 is 80.2 Å². The fraction of sp³-hybridized carbons (Fsp3) is 0.167. The second kappa shape index (κ2) is 11.8. The predicted molar refractivity (Wildman–Crippen MR) is 100 cm³/mol. The molecular formula is C18H16N4Na2O4S. The molecule has 0 saturated carbocycles. The van der Waals surface area contributed by atoms with E-state index in [9.17, 15) is 14.7 Å². The van der Waals surface area contributed by atoms with Gasteiger partial charge in [0.15, 0.2) is 5.58 Å². The molecule has 0 aliphatic rings. The van der Waals surface area contributed by atoms with Crippen molar-refractivity contribution < 1.29 is 78.2 Å². The van der Waals surface area contributed by atoms with Gasteiger partial charge in [0, 0.05) is 36.1 Å². The van der Waals surface area contributed by atoms with Crippen LogP contribution in [-0.2, 0) is 17.4 Å². The molecule has 8 nitrogen and oxygen atoms in total. The van der Waals surface area contributed by atoms with Crippen LogP contribution in [0.2, 0.25) is 0 Å². The topological polar surface area (TPSA) is 125 Å². The number of benzene rings is 2. The maximum Gasteiger partial charge on any atom is 1.00 e. The van der Waals surface area contributed by atoms with E-state index in [1.807, 2.05) is 6.07 Å². The van der Waals surface area contributed by atoms with E-state index in [4.69, 9.17) is 22.8 Å². The number of nitrogens with zero attached hydrogens (tertiary/aromatic N) is 2. The van der Waals surface area contributed by atoms with Crippen molar-refractivity contribution in [3.8, 4) is 0 Å². The Morgan fingerprint density at radius 3 is 2.48 bits per heavy atom. The van der Waals surface area contributed by atoms with Crippen molar-refractivity contribution in [1.82, 2.24) is 4.98 Å². The first kappa shape index (κ1) is 25.7. The van der Waals surface area contributed by atoms with Gasteiger partial charge >= 0.3 is 59.1 Å². The number of anilines is 2. The Bertz CT molecular complexity index is 982. The molecule has 0 saturated heterocycles. The Morgan fingerprint density at radius 1 is 1.17 bits per heavy atom. The number of fused-ring (bicyclic) bond motifs is 1. The van der Waals surface area contributed by atoms with Gasteiger partial charge in [0.1, 0.15) is 5.52 Å². The van der Waals surface area contributed by atoms with Crippen molar-refractivity contribution in [1.29, 1.82) is 0 Å². The first-order chi connectivity index (χ1) is 12.9. The average Bonchev–Trinajstić information content (AvgIpc) is 3.00. The van der Waals surface area contributed by atoms with Gasteiger partial charge in [0.05, 0.1) is 17.7 Å². The maximum atomic E-state index is 11.2. The number of hydrogen-bond acceptors (Lipinski definition) is 8. The molecule has 1 aromatic heterocycles. The summed E-state index contributed by atoms with van der Waals surface area (Å²) in [6, 6.07) is 11.8. The first-order valence-electron chi connectivity index (χ1n) is 8.08. The van der Waals surface area contributed by atoms with Gasteiger partial charge in [-0.2, -0.15) is 0 Å². The number of amides is 1. The predicted octanol–water partition coefficient (Wildman–Crippen LogP) is -5.49. The third-order valence-corrected chi connectivity index (χ3v) is 4.09. The van der Waals surface area contributed by atoms with Crippen LogP contribution in [0.25, 0.3) is 11.1 Å². The number of rotatable bonds is 8. The van der Waals surface area contributed by atoms with Gasteiger partial charge in [0.25, 0.3) is 0 Å². The molecule has 0 spiro atoms. The molecule has 3 aromatic rings. The van der Waals surface area contributed by atoms with E-state index < -0.39 is 11.9 Å². The molecule has 0 aliphatic carbocycles. The molecule has 140 valence electrons. The van der Waals surface area contributed by atoms with Crippen LogP contribution in [0.15, 0.2) is 52.1 Å². The third-order valence-electron chi connectivity index (χ3n) is 3.92. The Hall–Kier alpha value is -1.33. The Labute approximate surface area is 217 Å². The number of nitrogens with two attached hydrogens (primary N) is 1. The van der Waals surface area contributed by atoms with E-state index >= 15 is 0 Å². The van der Waals surface area contributed by atoms with Crippen LogP contribution in [0.1, 0.15) is 10.4 Å². The number of carbonyl (C=O) groups excluding carboxylic acids is 2. The Morgan fingerprint density at radius 2 is 1.86 bits per heavy atom. The molecule has 0 radical (unpaired) electrons. The number of hydrogen-bond donors (Lipinski definition) is 2. The van der Waals surface area contributed by atoms with Gasteiger partial charge in [-0.3, -0.25) is 4.79 Å². The minimum atomic E-state index is -1.20. The minimum absolute atomic E-state index is 0. The molecule has 0 fully saturated rings. The zero-order chi connectivity index (χ0) is 19.4. The average molecular weight is 430 g/mol. The molecule has 2 aromatic carbocycles. The molecule has 0 unspecified atom stereocenters. The van der Waals surface area contributed by atoms with Crippen molar-refractivity contribution in [2.75, 3.05) is 29.9 Å². The second-order valence-electron chi connectivity index (χ2n) is 5.79. The fourth-order valence-electron chi connectivity index (χ4n) is 2.64. The van der Waals surface area contributed by atoms with E-state index in [0.29, 0.717) is 35.4 Å². The summed E-state index contributed by atoms with van der Waals surface area (Å²) >= 11 is 4.90. The van der Waals surface area contributed by atoms with Crippen molar-refractivity contribution >= 4 is 47.0 Å². The number of primary amides is 1. The molecule has 1 heterocycles. The quantitative estimate of drug-likeness (QED) is 0.268. The molecule has 29 heavy (non-hydrogen) atoms. The number of carboxylic acid groups (broad SMARTS) is 1. The largest absolute Gasteiger partial charge is 1.00 e. The van der Waals surface area contributed by atoms with Crippen molar-refractivity contribution in [3.05, 3.63) is 48.0 Å². The number of aromatic nitrogens is 1. The van der Waals surface area contributed by atoms with Crippen LogP contribution in [0.4, 0.5) is 11.4 Å². The van der Waals surface area contributed by atoms with Crippen molar-refractivity contribution in [2.24, 2.45) is 5.73 Å². The number of oxazole rings is 1. The summed E-state index contributed by atoms with van der Waals surface area (Å²) in [4.78, 5) is 27.9. The molecule has 3 N–H and O–H groups in total. The SMILES string of the molecule is NC(=O)c1ccc(N(CCNc2ccc3nc([S-])oc3c2)CC(=O)[O-])cc1.[Na+].[Na+]. The summed E-state index contributed by atoms with van der Waals surface area (Å²) in [7, 11) is 0. The van der Waals surface area contributed by atoms with Crippen LogP contribution in [-0.4, -0.2) is 36.5 Å². The van der Waals surface area contributed by atoms with Gasteiger partial charge in [-0.15, -0.1) is 0 Å². The molecule has 0 aliphatic heterocycles. The Balaban J connectivity index is 0.00000210. The van der Waals surface area contributed by atoms with Gasteiger partial charge in [0.2, 0.25) is 5.91 Å². The number of nitrogens with one attached hydrogen (secondary N) is 1. The second-order valence-corrected chi connectivity index (χ2v) is 6.14. The Kier molecular flexibility index (Phi) is 10.4. The standard InChI is InChI=1S/C18H18N4O4S.2Na/c19-17(25)11-1-4-13(5-2-11)22(10-16(23)24)8-7-20-12-3-6-14-15(9-12)26-18(27)21-14;;/h1-6,9,20H,7-8,10H2,(H2,19,25)(H,21,27)(H,23,24);;/q;2*+1/p-2. The summed E-state index contributed by atoms with van der Waals surface area (Å²) in [5, 5.41) is 14.4. The molecule has 0 bridgehead atoms. The van der Waals surface area contributed by atoms with E-state index in [1.54, 1.807) is 41.3 Å². The van der Waals surface area contributed by atoms with E-state index in [1.165, 1.54) is 0 Å². The molecule has 1 amide bonds. The summed E-state index contributed by atoms with van der Waals surface area (Å²) in [5.41, 5.74) is 8.28. The molecule has 11 heteroatoms. The van der Waals surface area contributed by atoms with Crippen molar-refractivity contribution in [3.63, 3.8) is 0 Å². The number of carboxylic acids is 1. The molecule has 3 rings (SSSR count). The van der Waals surface area contributed by atoms with E-state index in [0.717, 1.165) is 5.69 Å². The summed E-state index contributed by atoms with van der Waals surface area (Å²) in [6.07, 6.45) is 0. The fourth-order valence-corrected chi connectivity index (χ4v) is 2.83. The van der Waals surface area contributed by atoms with E-state index in [-0.39, 0.29) is 70.9 Å². The normalized spacial score (nSPS) is 9.93. The van der Waals surface area contributed by atoms with Crippen LogP contribution >= 0.6 is 0 Å². The minimum Gasteiger partial charge on any atom is -0.721 e. The third kappa shape index (κ3) is 7.14. The monoisotopic (exact) mass is 430 g/mol. The summed E-state index contributed by atoms with van der Waals surface area (Å²) in [6.45, 7) is 0.577. The first-order valence-corrected chi connectivity index (χ1v) is 8.49. The zero-order valence-corrected chi connectivity index (χ0v) is 21.0. The van der Waals surface area contributed by atoms with Gasteiger partial charge in [-0.1, -0.05) is 0 Å². The van der Waals surface area contributed by atoms with Gasteiger partial charge in [-0.25, -0.2) is 4.98 Å². The van der Waals surface area contributed by atoms with Gasteiger partial charge < -0.3 is 42.9 Å². The number of aliphatic carboxylic acids is 1. The number of carbonyl (C=O) groups is 2. The van der Waals surface area contributed by atoms with Crippen LogP contribution in [0.5, 0.6) is 0 Å². The van der Waals surface area contributed by atoms with Crippen molar-refractivity contribution in [2.45, 2.75) is 5.22 Å². The van der Waals surface area contributed by atoms with Crippen LogP contribution in [0.3, 0.4) is 0 Å². The van der Waals surface area contributed by atoms with E-state index in [2.05, 4.69) is 10.3 Å². The molecular weight excluding hydrogens is 414 g/mol. The van der Waals surface area contributed by atoms with Gasteiger partial charge in [-0.05, 0) is 36.4 Å². The zero-order valence-electron chi connectivity index (χ0n) is 16.2. The maximum absolute atomic E-state index is 11.2. The van der Waals surface area contributed by atoms with Crippen LogP contribution in [0, 0.1) is 0 Å². The molecule has 0 atom stereocenters. The smallest absolute Gasteiger partial charge is 0.721 e.